The molecule has 3 heterocycles. The number of thioether (sulfide) groups is 1. The summed E-state index contributed by atoms with van der Waals surface area (Å²) >= 11 is 3.77. The number of amides is 2. The maximum absolute atomic E-state index is 12.6. The lowest BCUT2D eigenvalue weighted by molar-refractivity contribution is 0.0638. The van der Waals surface area contributed by atoms with Crippen LogP contribution in [-0.4, -0.2) is 62.8 Å². The second-order valence-electron chi connectivity index (χ2n) is 8.25. The van der Waals surface area contributed by atoms with Crippen LogP contribution in [0.1, 0.15) is 41.9 Å². The Labute approximate surface area is 202 Å². The average Bonchev–Trinajstić information content (AvgIpc) is 3.38. The molecule has 10 heteroatoms. The van der Waals surface area contributed by atoms with Gasteiger partial charge in [-0.3, -0.25) is 14.5 Å². The van der Waals surface area contributed by atoms with Crippen LogP contribution in [0, 0.1) is 6.92 Å². The van der Waals surface area contributed by atoms with Gasteiger partial charge in [0.1, 0.15) is 0 Å². The number of hydrogen-bond donors (Lipinski definition) is 1. The minimum absolute atomic E-state index is 0.0592. The van der Waals surface area contributed by atoms with E-state index in [1.54, 1.807) is 36.0 Å². The molecule has 0 saturated heterocycles. The van der Waals surface area contributed by atoms with Crippen LogP contribution in [0.25, 0.3) is 0 Å². The molecule has 8 nitrogen and oxygen atoms in total. The number of rotatable bonds is 10. The Kier molecular flexibility index (Phi) is 7.16. The number of benzene rings is 1. The van der Waals surface area contributed by atoms with Gasteiger partial charge in [-0.2, -0.15) is 21.8 Å². The van der Waals surface area contributed by atoms with Crippen LogP contribution in [-0.2, 0) is 25.9 Å². The van der Waals surface area contributed by atoms with E-state index in [0.717, 1.165) is 24.6 Å². The zero-order valence-electron chi connectivity index (χ0n) is 19.3. The maximum atomic E-state index is 12.6. The number of fused-ring (bicyclic) bond motifs is 1. The third kappa shape index (κ3) is 5.29. The predicted octanol–water partition coefficient (Wildman–Crippen LogP) is 3.39. The lowest BCUT2D eigenvalue weighted by Gasteiger charge is -2.10. The standard InChI is InChI=1S/C23H28N6O2S2/c1-15-11-16(33-19(15)12-27(2)3)14-32-10-9-24-23-25-20(26-28(23)4)13-29-21(30)17-7-5-6-8-18(17)22(29)31/h5-8,11H,9-10,12-14H2,1-4H3,(H,24,25,26). The van der Waals surface area contributed by atoms with E-state index in [1.165, 1.54) is 20.2 Å². The van der Waals surface area contributed by atoms with Gasteiger partial charge in [0.15, 0.2) is 5.82 Å². The minimum atomic E-state index is -0.300. The largest absolute Gasteiger partial charge is 0.354 e. The Hall–Kier alpha value is -2.69. The molecule has 0 fully saturated rings. The van der Waals surface area contributed by atoms with Crippen molar-refractivity contribution in [2.45, 2.75) is 25.8 Å². The second kappa shape index (κ2) is 10.1. The summed E-state index contributed by atoms with van der Waals surface area (Å²) < 4.78 is 1.65. The fraction of sp³-hybridized carbons (Fsp3) is 0.391. The second-order valence-corrected chi connectivity index (χ2v) is 10.6. The number of carbonyl (C=O) groups excluding carboxylic acids is 2. The molecule has 0 spiro atoms. The first kappa shape index (κ1) is 23.5. The summed E-state index contributed by atoms with van der Waals surface area (Å²) in [5, 5.41) is 7.68. The van der Waals surface area contributed by atoms with E-state index >= 15 is 0 Å². The number of aryl methyl sites for hydroxylation is 2. The highest BCUT2D eigenvalue weighted by Gasteiger charge is 2.35. The highest BCUT2D eigenvalue weighted by molar-refractivity contribution is 7.98. The number of hydrogen-bond acceptors (Lipinski definition) is 8. The van der Waals surface area contributed by atoms with Crippen molar-refractivity contribution in [1.82, 2.24) is 24.6 Å². The van der Waals surface area contributed by atoms with Crippen LogP contribution >= 0.6 is 23.1 Å². The topological polar surface area (TPSA) is 83.4 Å². The van der Waals surface area contributed by atoms with Gasteiger partial charge >= 0.3 is 0 Å². The third-order valence-corrected chi connectivity index (χ3v) is 7.70. The van der Waals surface area contributed by atoms with E-state index in [0.29, 0.717) is 22.9 Å². The van der Waals surface area contributed by atoms with Gasteiger partial charge in [-0.25, -0.2) is 4.68 Å². The van der Waals surface area contributed by atoms with Crippen LogP contribution in [0.4, 0.5) is 5.95 Å². The molecule has 0 saturated carbocycles. The normalized spacial score (nSPS) is 13.3. The van der Waals surface area contributed by atoms with Gasteiger partial charge < -0.3 is 10.2 Å². The van der Waals surface area contributed by atoms with Gasteiger partial charge in [-0.05, 0) is 44.8 Å². The first-order valence-corrected chi connectivity index (χ1v) is 12.7. The summed E-state index contributed by atoms with van der Waals surface area (Å²) in [6, 6.07) is 9.15. The van der Waals surface area contributed by atoms with Crippen molar-refractivity contribution in [3.8, 4) is 0 Å². The molecule has 0 radical (unpaired) electrons. The average molecular weight is 485 g/mol. The monoisotopic (exact) mass is 484 g/mol. The Morgan fingerprint density at radius 2 is 1.85 bits per heavy atom. The first-order valence-electron chi connectivity index (χ1n) is 10.7. The van der Waals surface area contributed by atoms with Crippen LogP contribution in [0.3, 0.4) is 0 Å². The van der Waals surface area contributed by atoms with Crippen LogP contribution in [0.5, 0.6) is 0 Å². The van der Waals surface area contributed by atoms with Gasteiger partial charge in [-0.15, -0.1) is 11.3 Å². The Balaban J connectivity index is 1.26. The number of carbonyl (C=O) groups is 2. The van der Waals surface area contributed by atoms with Crippen LogP contribution in [0.2, 0.25) is 0 Å². The molecule has 1 aliphatic rings. The summed E-state index contributed by atoms with van der Waals surface area (Å²) in [4.78, 5) is 35.8. The fourth-order valence-corrected chi connectivity index (χ4v) is 5.95. The number of nitrogens with one attached hydrogen (secondary N) is 1. The number of nitrogens with zero attached hydrogens (tertiary/aromatic N) is 5. The fourth-order valence-electron chi connectivity index (χ4n) is 3.70. The van der Waals surface area contributed by atoms with E-state index in [2.05, 4.69) is 47.4 Å². The molecule has 2 amide bonds. The van der Waals surface area contributed by atoms with Crippen molar-refractivity contribution >= 4 is 40.9 Å². The number of aromatic nitrogens is 3. The van der Waals surface area contributed by atoms with Gasteiger partial charge in [0, 0.05) is 41.4 Å². The summed E-state index contributed by atoms with van der Waals surface area (Å²) in [6.45, 7) is 3.97. The van der Waals surface area contributed by atoms with Crippen molar-refractivity contribution < 1.29 is 9.59 Å². The van der Waals surface area contributed by atoms with Crippen molar-refractivity contribution in [2.75, 3.05) is 31.7 Å². The number of imide groups is 1. The Morgan fingerprint density at radius 1 is 1.15 bits per heavy atom. The Morgan fingerprint density at radius 3 is 2.52 bits per heavy atom. The van der Waals surface area contributed by atoms with Crippen LogP contribution < -0.4 is 5.32 Å². The van der Waals surface area contributed by atoms with Crippen molar-refractivity contribution in [3.63, 3.8) is 0 Å². The smallest absolute Gasteiger partial charge is 0.261 e. The van der Waals surface area contributed by atoms with Crippen molar-refractivity contribution in [1.29, 1.82) is 0 Å². The van der Waals surface area contributed by atoms with Crippen molar-refractivity contribution in [3.05, 3.63) is 62.6 Å². The van der Waals surface area contributed by atoms with Crippen LogP contribution in [0.15, 0.2) is 30.3 Å². The molecule has 33 heavy (non-hydrogen) atoms. The van der Waals surface area contributed by atoms with Gasteiger partial charge in [-0.1, -0.05) is 12.1 Å². The van der Waals surface area contributed by atoms with E-state index in [4.69, 9.17) is 0 Å². The molecule has 1 N–H and O–H groups in total. The molecule has 0 bridgehead atoms. The van der Waals surface area contributed by atoms with E-state index in [9.17, 15) is 9.59 Å². The first-order chi connectivity index (χ1) is 15.8. The highest BCUT2D eigenvalue weighted by Crippen LogP contribution is 2.27. The molecule has 0 atom stereocenters. The van der Waals surface area contributed by atoms with Crippen molar-refractivity contribution in [2.24, 2.45) is 7.05 Å². The van der Waals surface area contributed by atoms with E-state index in [-0.39, 0.29) is 18.4 Å². The summed E-state index contributed by atoms with van der Waals surface area (Å²) in [7, 11) is 5.99. The molecular formula is C23H28N6O2S2. The molecule has 1 aliphatic heterocycles. The predicted molar refractivity (Wildman–Crippen MR) is 133 cm³/mol. The highest BCUT2D eigenvalue weighted by atomic mass is 32.2. The molecule has 3 aromatic rings. The zero-order valence-corrected chi connectivity index (χ0v) is 20.9. The summed E-state index contributed by atoms with van der Waals surface area (Å²) in [6.07, 6.45) is 0. The molecule has 4 rings (SSSR count). The minimum Gasteiger partial charge on any atom is -0.354 e. The number of thiophene rings is 1. The molecule has 174 valence electrons. The quantitative estimate of drug-likeness (QED) is 0.349. The zero-order chi connectivity index (χ0) is 23.5. The Bertz CT molecular complexity index is 1130. The lowest BCUT2D eigenvalue weighted by atomic mass is 10.1. The van der Waals surface area contributed by atoms with Gasteiger partial charge in [0.05, 0.1) is 17.7 Å². The maximum Gasteiger partial charge on any atom is 0.261 e. The molecule has 2 aromatic heterocycles. The molecule has 1 aromatic carbocycles. The van der Waals surface area contributed by atoms with E-state index in [1.807, 2.05) is 23.1 Å². The molecular weight excluding hydrogens is 456 g/mol. The summed E-state index contributed by atoms with van der Waals surface area (Å²) in [5.74, 6) is 2.38. The lowest BCUT2D eigenvalue weighted by Crippen LogP contribution is -2.29. The molecule has 0 unspecified atom stereocenters. The third-order valence-electron chi connectivity index (χ3n) is 5.29. The van der Waals surface area contributed by atoms with E-state index < -0.39 is 0 Å². The SMILES string of the molecule is Cc1cc(CSCCNc2nc(CN3C(=O)c4ccccc4C3=O)nn2C)sc1CN(C)C. The number of anilines is 1. The summed E-state index contributed by atoms with van der Waals surface area (Å²) in [5.41, 5.74) is 2.24. The van der Waals surface area contributed by atoms with Gasteiger partial charge in [0.25, 0.3) is 11.8 Å². The van der Waals surface area contributed by atoms with Gasteiger partial charge in [0.2, 0.25) is 5.95 Å². The molecule has 0 aliphatic carbocycles.